The highest BCUT2D eigenvalue weighted by Gasteiger charge is 2.28. The summed E-state index contributed by atoms with van der Waals surface area (Å²) in [6.45, 7) is 0.457. The highest BCUT2D eigenvalue weighted by Crippen LogP contribution is 2.16. The first-order valence-electron chi connectivity index (χ1n) is 12.8. The first kappa shape index (κ1) is 29.7. The van der Waals surface area contributed by atoms with Gasteiger partial charge < -0.3 is 32.4 Å². The van der Waals surface area contributed by atoms with Gasteiger partial charge in [-0.1, -0.05) is 42.5 Å². The number of fused-ring (bicyclic) bond motifs is 1. The summed E-state index contributed by atoms with van der Waals surface area (Å²) in [6.07, 6.45) is 4.84. The van der Waals surface area contributed by atoms with Gasteiger partial charge >= 0.3 is 0 Å². The molecule has 2 unspecified atom stereocenters. The van der Waals surface area contributed by atoms with Gasteiger partial charge in [0.25, 0.3) is 0 Å². The number of benzene rings is 2. The van der Waals surface area contributed by atoms with Crippen molar-refractivity contribution in [2.45, 2.75) is 50.2 Å². The lowest BCUT2D eigenvalue weighted by Gasteiger charge is -2.24. The number of unbranched alkanes of at least 4 members (excludes halogenated alkanes) is 1. The summed E-state index contributed by atoms with van der Waals surface area (Å²) in [4.78, 5) is 57.8. The second-order valence-corrected chi connectivity index (χ2v) is 9.62. The molecule has 0 aliphatic heterocycles. The molecule has 8 N–H and O–H groups in total. The highest BCUT2D eigenvalue weighted by molar-refractivity contribution is 7.80. The molecule has 3 rings (SSSR count). The summed E-state index contributed by atoms with van der Waals surface area (Å²) in [7, 11) is 0. The number of amides is 4. The van der Waals surface area contributed by atoms with Crippen molar-refractivity contribution in [2.24, 2.45) is 11.5 Å². The summed E-state index contributed by atoms with van der Waals surface area (Å²) >= 11 is 4.20. The van der Waals surface area contributed by atoms with Crippen LogP contribution in [0.25, 0.3) is 10.8 Å². The SMILES string of the molecule is NCCCCC(NC(=O)[C@H](CS)NC(=O)C(Cc1cnc[nH]1)NC(=O)Cc1ccc2ccccc2c1)C(N)=O. The van der Waals surface area contributed by atoms with Gasteiger partial charge in [0, 0.05) is 24.1 Å². The molecule has 3 atom stereocenters. The Morgan fingerprint density at radius 1 is 0.923 bits per heavy atom. The van der Waals surface area contributed by atoms with Gasteiger partial charge in [0.1, 0.15) is 18.1 Å². The number of aromatic nitrogens is 2. The molecule has 2 aromatic carbocycles. The van der Waals surface area contributed by atoms with Crippen LogP contribution in [0.2, 0.25) is 0 Å². The van der Waals surface area contributed by atoms with E-state index in [1.54, 1.807) is 6.20 Å². The van der Waals surface area contributed by atoms with Gasteiger partial charge in [-0.25, -0.2) is 4.98 Å². The molecule has 0 fully saturated rings. The highest BCUT2D eigenvalue weighted by atomic mass is 32.1. The number of hydrogen-bond acceptors (Lipinski definition) is 7. The lowest BCUT2D eigenvalue weighted by Crippen LogP contribution is -2.57. The summed E-state index contributed by atoms with van der Waals surface area (Å²) in [6, 6.07) is 10.6. The van der Waals surface area contributed by atoms with Gasteiger partial charge in [-0.15, -0.1) is 0 Å². The summed E-state index contributed by atoms with van der Waals surface area (Å²) in [5, 5.41) is 10.1. The molecular weight excluding hydrogens is 518 g/mol. The molecule has 1 heterocycles. The minimum absolute atomic E-state index is 0.0341. The third-order valence-electron chi connectivity index (χ3n) is 6.23. The molecular formula is C27H35N7O4S. The number of nitrogens with two attached hydrogens (primary N) is 2. The largest absolute Gasteiger partial charge is 0.368 e. The molecule has 0 aliphatic carbocycles. The molecule has 0 saturated carbocycles. The Balaban J connectivity index is 1.67. The normalized spacial score (nSPS) is 13.3. The zero-order chi connectivity index (χ0) is 28.2. The van der Waals surface area contributed by atoms with E-state index in [0.717, 1.165) is 16.3 Å². The van der Waals surface area contributed by atoms with Crippen molar-refractivity contribution in [2.75, 3.05) is 12.3 Å². The van der Waals surface area contributed by atoms with Crippen LogP contribution in [0.3, 0.4) is 0 Å². The lowest BCUT2D eigenvalue weighted by atomic mass is 10.0. The van der Waals surface area contributed by atoms with E-state index in [1.165, 1.54) is 6.33 Å². The van der Waals surface area contributed by atoms with Crippen molar-refractivity contribution >= 4 is 47.0 Å². The van der Waals surface area contributed by atoms with Crippen LogP contribution in [-0.4, -0.2) is 64.0 Å². The quantitative estimate of drug-likeness (QED) is 0.105. The third-order valence-corrected chi connectivity index (χ3v) is 6.60. The Morgan fingerprint density at radius 3 is 2.31 bits per heavy atom. The van der Waals surface area contributed by atoms with Gasteiger partial charge in [0.2, 0.25) is 23.6 Å². The minimum Gasteiger partial charge on any atom is -0.368 e. The maximum Gasteiger partial charge on any atom is 0.244 e. The van der Waals surface area contributed by atoms with E-state index in [0.29, 0.717) is 31.5 Å². The number of nitrogens with one attached hydrogen (secondary N) is 4. The van der Waals surface area contributed by atoms with Crippen molar-refractivity contribution in [3.05, 3.63) is 66.2 Å². The predicted octanol–water partition coefficient (Wildman–Crippen LogP) is 0.347. The van der Waals surface area contributed by atoms with E-state index < -0.39 is 35.8 Å². The van der Waals surface area contributed by atoms with Gasteiger partial charge in [0.15, 0.2) is 0 Å². The molecule has 208 valence electrons. The Labute approximate surface area is 232 Å². The standard InChI is InChI=1S/C27H35N7O4S/c28-10-4-3-7-21(25(29)36)33-27(38)23(15-39)34-26(37)22(13-20-14-30-16-31-20)32-24(35)12-17-8-9-18-5-1-2-6-19(18)11-17/h1-2,5-6,8-9,11,14,16,21-23,39H,3-4,7,10,12-13,15,28H2,(H2,29,36)(H,30,31)(H,32,35)(H,33,38)(H,34,37)/t21?,22?,23-/m0/s1. The number of rotatable bonds is 15. The maximum absolute atomic E-state index is 13.3. The van der Waals surface area contributed by atoms with Gasteiger partial charge in [-0.2, -0.15) is 12.6 Å². The number of carbonyl (C=O) groups is 4. The Morgan fingerprint density at radius 2 is 1.64 bits per heavy atom. The monoisotopic (exact) mass is 553 g/mol. The lowest BCUT2D eigenvalue weighted by molar-refractivity contribution is -0.132. The fourth-order valence-electron chi connectivity index (χ4n) is 4.12. The van der Waals surface area contributed by atoms with Crippen LogP contribution in [0.1, 0.15) is 30.5 Å². The predicted molar refractivity (Wildman–Crippen MR) is 152 cm³/mol. The smallest absolute Gasteiger partial charge is 0.244 e. The van der Waals surface area contributed by atoms with Crippen molar-refractivity contribution in [1.29, 1.82) is 0 Å². The number of carbonyl (C=O) groups excluding carboxylic acids is 4. The first-order valence-corrected chi connectivity index (χ1v) is 13.4. The average molecular weight is 554 g/mol. The number of aromatic amines is 1. The van der Waals surface area contributed by atoms with Crippen LogP contribution in [0.5, 0.6) is 0 Å². The molecule has 0 radical (unpaired) electrons. The fourth-order valence-corrected chi connectivity index (χ4v) is 4.38. The van der Waals surface area contributed by atoms with Crippen LogP contribution in [0, 0.1) is 0 Å². The van der Waals surface area contributed by atoms with Crippen LogP contribution in [0.4, 0.5) is 0 Å². The fraction of sp³-hybridized carbons (Fsp3) is 0.370. The number of H-pyrrole nitrogens is 1. The molecule has 11 nitrogen and oxygen atoms in total. The number of imidazole rings is 1. The number of thiol groups is 1. The molecule has 12 heteroatoms. The van der Waals surface area contributed by atoms with Gasteiger partial charge in [-0.3, -0.25) is 19.2 Å². The summed E-state index contributed by atoms with van der Waals surface area (Å²) in [5.41, 5.74) is 12.4. The average Bonchev–Trinajstić information content (AvgIpc) is 3.43. The zero-order valence-electron chi connectivity index (χ0n) is 21.6. The van der Waals surface area contributed by atoms with Crippen LogP contribution in [0.15, 0.2) is 55.0 Å². The molecule has 4 amide bonds. The van der Waals surface area contributed by atoms with E-state index >= 15 is 0 Å². The Bertz CT molecular complexity index is 1270. The number of nitrogens with zero attached hydrogens (tertiary/aromatic N) is 1. The van der Waals surface area contributed by atoms with Crippen LogP contribution in [-0.2, 0) is 32.0 Å². The van der Waals surface area contributed by atoms with E-state index in [-0.39, 0.29) is 24.5 Å². The van der Waals surface area contributed by atoms with E-state index in [1.807, 2.05) is 42.5 Å². The molecule has 1 aromatic heterocycles. The summed E-state index contributed by atoms with van der Waals surface area (Å²) < 4.78 is 0. The van der Waals surface area contributed by atoms with E-state index in [9.17, 15) is 19.2 Å². The molecule has 39 heavy (non-hydrogen) atoms. The first-order chi connectivity index (χ1) is 18.8. The van der Waals surface area contributed by atoms with Crippen LogP contribution >= 0.6 is 12.6 Å². The van der Waals surface area contributed by atoms with Crippen molar-refractivity contribution in [1.82, 2.24) is 25.9 Å². The van der Waals surface area contributed by atoms with E-state index in [2.05, 4.69) is 38.5 Å². The summed E-state index contributed by atoms with van der Waals surface area (Å²) in [5.74, 6) is -2.25. The zero-order valence-corrected chi connectivity index (χ0v) is 22.5. The third kappa shape index (κ3) is 9.11. The maximum atomic E-state index is 13.3. The van der Waals surface area contributed by atoms with Crippen LogP contribution < -0.4 is 27.4 Å². The molecule has 0 spiro atoms. The molecule has 0 aliphatic rings. The van der Waals surface area contributed by atoms with Gasteiger partial charge in [-0.05, 0) is 42.1 Å². The Hall–Kier alpha value is -3.90. The van der Waals surface area contributed by atoms with Gasteiger partial charge in [0.05, 0.1) is 12.7 Å². The second kappa shape index (κ2) is 14.9. The van der Waals surface area contributed by atoms with Crippen molar-refractivity contribution in [3.8, 4) is 0 Å². The number of primary amides is 1. The topological polar surface area (TPSA) is 185 Å². The molecule has 0 saturated heterocycles. The second-order valence-electron chi connectivity index (χ2n) is 9.25. The molecule has 3 aromatic rings. The van der Waals surface area contributed by atoms with E-state index in [4.69, 9.17) is 11.5 Å². The van der Waals surface area contributed by atoms with Crippen molar-refractivity contribution in [3.63, 3.8) is 0 Å². The van der Waals surface area contributed by atoms with Crippen molar-refractivity contribution < 1.29 is 19.2 Å². The minimum atomic E-state index is -1.06. The molecule has 0 bridgehead atoms. The Kier molecular flexibility index (Phi) is 11.3. The number of hydrogen-bond donors (Lipinski definition) is 7.